The molecule has 1 aromatic carbocycles. The molecular formula is C16H18N2O2S2. The molecule has 0 N–H and O–H groups in total. The van der Waals surface area contributed by atoms with Crippen molar-refractivity contribution in [3.63, 3.8) is 0 Å². The van der Waals surface area contributed by atoms with Gasteiger partial charge in [0.1, 0.15) is 0 Å². The van der Waals surface area contributed by atoms with Crippen LogP contribution in [0.15, 0.2) is 29.6 Å². The van der Waals surface area contributed by atoms with Crippen molar-refractivity contribution in [3.8, 4) is 11.3 Å². The van der Waals surface area contributed by atoms with Crippen molar-refractivity contribution in [2.45, 2.75) is 37.4 Å². The Labute approximate surface area is 138 Å². The highest BCUT2D eigenvalue weighted by atomic mass is 32.2. The van der Waals surface area contributed by atoms with Crippen LogP contribution in [0.25, 0.3) is 11.3 Å². The molecule has 0 bridgehead atoms. The van der Waals surface area contributed by atoms with Crippen molar-refractivity contribution in [2.24, 2.45) is 0 Å². The average Bonchev–Trinajstić information content (AvgIpc) is 2.96. The van der Waals surface area contributed by atoms with Gasteiger partial charge in [-0.2, -0.15) is 11.8 Å². The zero-order valence-electron chi connectivity index (χ0n) is 12.6. The summed E-state index contributed by atoms with van der Waals surface area (Å²) in [5, 5.41) is 14.0. The monoisotopic (exact) mass is 334 g/mol. The molecule has 1 fully saturated rings. The van der Waals surface area contributed by atoms with Crippen LogP contribution >= 0.6 is 23.1 Å². The molecule has 2 heterocycles. The summed E-state index contributed by atoms with van der Waals surface area (Å²) >= 11 is 3.75. The minimum absolute atomic E-state index is 0.116. The Bertz CT molecular complexity index is 680. The number of rotatable bonds is 3. The van der Waals surface area contributed by atoms with Crippen LogP contribution in [-0.4, -0.2) is 20.4 Å². The molecule has 0 amide bonds. The Kier molecular flexibility index (Phi) is 4.23. The fraction of sp³-hybridized carbons (Fsp3) is 0.438. The number of non-ortho nitro benzene ring substituents is 1. The maximum atomic E-state index is 10.7. The van der Waals surface area contributed by atoms with E-state index in [1.807, 2.05) is 11.8 Å². The van der Waals surface area contributed by atoms with Crippen LogP contribution < -0.4 is 0 Å². The number of nitrogens with zero attached hydrogens (tertiary/aromatic N) is 2. The summed E-state index contributed by atoms with van der Waals surface area (Å²) in [7, 11) is 0. The average molecular weight is 334 g/mol. The van der Waals surface area contributed by atoms with Gasteiger partial charge < -0.3 is 0 Å². The largest absolute Gasteiger partial charge is 0.269 e. The second kappa shape index (κ2) is 6.01. The van der Waals surface area contributed by atoms with Crippen LogP contribution in [0.4, 0.5) is 5.69 Å². The zero-order chi connectivity index (χ0) is 15.7. The van der Waals surface area contributed by atoms with Gasteiger partial charge in [-0.3, -0.25) is 10.1 Å². The van der Waals surface area contributed by atoms with E-state index in [9.17, 15) is 10.1 Å². The second-order valence-electron chi connectivity index (χ2n) is 6.17. The van der Waals surface area contributed by atoms with E-state index in [1.54, 1.807) is 23.5 Å². The molecule has 116 valence electrons. The van der Waals surface area contributed by atoms with Gasteiger partial charge in [-0.05, 0) is 30.7 Å². The Morgan fingerprint density at radius 1 is 1.32 bits per heavy atom. The van der Waals surface area contributed by atoms with E-state index in [0.717, 1.165) is 17.7 Å². The number of hydrogen-bond acceptors (Lipinski definition) is 5. The lowest BCUT2D eigenvalue weighted by atomic mass is 9.94. The maximum absolute atomic E-state index is 10.7. The van der Waals surface area contributed by atoms with E-state index in [1.165, 1.54) is 29.3 Å². The summed E-state index contributed by atoms with van der Waals surface area (Å²) in [6, 6.07) is 6.62. The third-order valence-corrected chi connectivity index (χ3v) is 6.34. The van der Waals surface area contributed by atoms with Crippen LogP contribution in [-0.2, 0) is 0 Å². The molecule has 1 aliphatic heterocycles. The number of thiazole rings is 1. The molecule has 1 aromatic heterocycles. The van der Waals surface area contributed by atoms with E-state index in [-0.39, 0.29) is 10.6 Å². The number of thioether (sulfide) groups is 1. The molecule has 2 aromatic rings. The quantitative estimate of drug-likeness (QED) is 0.578. The number of benzene rings is 1. The maximum Gasteiger partial charge on any atom is 0.269 e. The fourth-order valence-corrected chi connectivity index (χ4v) is 5.04. The van der Waals surface area contributed by atoms with Crippen molar-refractivity contribution >= 4 is 28.8 Å². The molecule has 3 rings (SSSR count). The summed E-state index contributed by atoms with van der Waals surface area (Å²) in [4.78, 5) is 15.1. The van der Waals surface area contributed by atoms with E-state index < -0.39 is 0 Å². The summed E-state index contributed by atoms with van der Waals surface area (Å²) in [5.41, 5.74) is 1.98. The molecule has 0 spiro atoms. The van der Waals surface area contributed by atoms with Crippen LogP contribution in [0.5, 0.6) is 0 Å². The molecule has 1 aliphatic rings. The summed E-state index contributed by atoms with van der Waals surface area (Å²) in [5.74, 6) is 1.72. The Morgan fingerprint density at radius 2 is 2.05 bits per heavy atom. The smallest absolute Gasteiger partial charge is 0.258 e. The first-order valence-corrected chi connectivity index (χ1v) is 9.15. The molecule has 0 aliphatic carbocycles. The highest BCUT2D eigenvalue weighted by Crippen LogP contribution is 2.44. The summed E-state index contributed by atoms with van der Waals surface area (Å²) in [6.07, 6.45) is 2.34. The highest BCUT2D eigenvalue weighted by Gasteiger charge is 2.31. The van der Waals surface area contributed by atoms with Gasteiger partial charge in [0.05, 0.1) is 15.6 Å². The van der Waals surface area contributed by atoms with Gasteiger partial charge in [0.25, 0.3) is 5.69 Å². The Morgan fingerprint density at radius 3 is 2.68 bits per heavy atom. The van der Waals surface area contributed by atoms with Gasteiger partial charge in [0.2, 0.25) is 0 Å². The first-order chi connectivity index (χ1) is 10.4. The van der Waals surface area contributed by atoms with Gasteiger partial charge in [-0.25, -0.2) is 4.98 Å². The van der Waals surface area contributed by atoms with E-state index in [0.29, 0.717) is 10.7 Å². The zero-order valence-corrected chi connectivity index (χ0v) is 14.2. The Hall–Kier alpha value is -1.40. The van der Waals surface area contributed by atoms with E-state index in [2.05, 4.69) is 19.2 Å². The topological polar surface area (TPSA) is 56.0 Å². The molecule has 1 saturated heterocycles. The lowest BCUT2D eigenvalue weighted by Gasteiger charge is -2.33. The van der Waals surface area contributed by atoms with E-state index in [4.69, 9.17) is 4.98 Å². The number of aromatic nitrogens is 1. The molecule has 6 heteroatoms. The van der Waals surface area contributed by atoms with Gasteiger partial charge in [-0.15, -0.1) is 11.3 Å². The molecule has 4 nitrogen and oxygen atoms in total. The van der Waals surface area contributed by atoms with Gasteiger partial charge >= 0.3 is 0 Å². The second-order valence-corrected chi connectivity index (χ2v) is 8.86. The number of hydrogen-bond donors (Lipinski definition) is 0. The predicted molar refractivity (Wildman–Crippen MR) is 92.7 cm³/mol. The number of nitro benzene ring substituents is 1. The summed E-state index contributed by atoms with van der Waals surface area (Å²) in [6.45, 7) is 4.60. The number of nitro groups is 1. The van der Waals surface area contributed by atoms with Crippen LogP contribution in [0.2, 0.25) is 0 Å². The van der Waals surface area contributed by atoms with Crippen molar-refractivity contribution in [2.75, 3.05) is 5.75 Å². The minimum Gasteiger partial charge on any atom is -0.258 e. The van der Waals surface area contributed by atoms with Crippen molar-refractivity contribution in [1.29, 1.82) is 0 Å². The molecular weight excluding hydrogens is 316 g/mol. The van der Waals surface area contributed by atoms with Crippen molar-refractivity contribution < 1.29 is 4.92 Å². The fourth-order valence-electron chi connectivity index (χ4n) is 2.80. The van der Waals surface area contributed by atoms with Crippen LogP contribution in [0.1, 0.15) is 37.6 Å². The van der Waals surface area contributed by atoms with Gasteiger partial charge in [-0.1, -0.05) is 13.8 Å². The first-order valence-electron chi connectivity index (χ1n) is 7.29. The van der Waals surface area contributed by atoms with Crippen molar-refractivity contribution in [1.82, 2.24) is 4.98 Å². The minimum atomic E-state index is -0.377. The third kappa shape index (κ3) is 3.33. The standard InChI is InChI=1S/C16H18N2O2S2/c1-16(2)9-12(7-8-22-16)15-17-14(10-21-15)11-3-5-13(6-4-11)18(19)20/h3-6,10,12H,7-9H2,1-2H3/t12-/m1/s1. The molecule has 0 radical (unpaired) electrons. The van der Waals surface area contributed by atoms with Crippen molar-refractivity contribution in [3.05, 3.63) is 44.8 Å². The predicted octanol–water partition coefficient (Wildman–Crippen LogP) is 5.11. The molecule has 0 saturated carbocycles. The van der Waals surface area contributed by atoms with Gasteiger partial charge in [0, 0.05) is 33.7 Å². The highest BCUT2D eigenvalue weighted by molar-refractivity contribution is 8.00. The lowest BCUT2D eigenvalue weighted by molar-refractivity contribution is -0.384. The van der Waals surface area contributed by atoms with Crippen LogP contribution in [0.3, 0.4) is 0 Å². The molecule has 22 heavy (non-hydrogen) atoms. The molecule has 1 atom stereocenters. The normalized spacial score (nSPS) is 20.7. The third-order valence-electron chi connectivity index (χ3n) is 3.94. The lowest BCUT2D eigenvalue weighted by Crippen LogP contribution is -2.24. The van der Waals surface area contributed by atoms with Crippen LogP contribution in [0, 0.1) is 10.1 Å². The summed E-state index contributed by atoms with van der Waals surface area (Å²) < 4.78 is 0.322. The van der Waals surface area contributed by atoms with E-state index >= 15 is 0 Å². The molecule has 0 unspecified atom stereocenters. The first kappa shape index (κ1) is 15.5. The Balaban J connectivity index is 1.80. The SMILES string of the molecule is CC1(C)C[C@H](c2nc(-c3ccc([N+](=O)[O-])cc3)cs2)CCS1. The van der Waals surface area contributed by atoms with Gasteiger partial charge in [0.15, 0.2) is 0 Å².